The van der Waals surface area contributed by atoms with Crippen LogP contribution < -0.4 is 5.73 Å². The molecule has 94 valence electrons. The van der Waals surface area contributed by atoms with Crippen LogP contribution in [0.3, 0.4) is 0 Å². The van der Waals surface area contributed by atoms with Crippen molar-refractivity contribution >= 4 is 0 Å². The van der Waals surface area contributed by atoms with Gasteiger partial charge in [0.25, 0.3) is 0 Å². The fourth-order valence-electron chi connectivity index (χ4n) is 3.02. The first-order chi connectivity index (χ1) is 7.54. The molecule has 0 radical (unpaired) electrons. The second kappa shape index (κ2) is 5.03. The van der Waals surface area contributed by atoms with Gasteiger partial charge in [0.2, 0.25) is 0 Å². The lowest BCUT2D eigenvalue weighted by molar-refractivity contribution is 0.102. The Kier molecular flexibility index (Phi) is 3.88. The van der Waals surface area contributed by atoms with Crippen molar-refractivity contribution in [3.05, 3.63) is 0 Å². The summed E-state index contributed by atoms with van der Waals surface area (Å²) in [4.78, 5) is 5.31. The molecular formula is C13H27N3. The first-order valence-corrected chi connectivity index (χ1v) is 6.80. The molecule has 0 bridgehead atoms. The minimum Gasteiger partial charge on any atom is -0.326 e. The normalized spacial score (nSPS) is 28.3. The van der Waals surface area contributed by atoms with E-state index >= 15 is 0 Å². The fraction of sp³-hybridized carbons (Fsp3) is 1.00. The van der Waals surface area contributed by atoms with Crippen molar-refractivity contribution in [1.82, 2.24) is 9.80 Å². The molecule has 2 N–H and O–H groups in total. The van der Waals surface area contributed by atoms with Gasteiger partial charge in [-0.3, -0.25) is 4.90 Å². The summed E-state index contributed by atoms with van der Waals surface area (Å²) in [6.45, 7) is 10.7. The average molecular weight is 225 g/mol. The zero-order chi connectivity index (χ0) is 11.6. The molecule has 2 aliphatic heterocycles. The second-order valence-electron chi connectivity index (χ2n) is 6.22. The summed E-state index contributed by atoms with van der Waals surface area (Å²) in [6, 6.07) is 0.861. The highest BCUT2D eigenvalue weighted by molar-refractivity contribution is 4.87. The smallest absolute Gasteiger partial charge is 0.0224 e. The highest BCUT2D eigenvalue weighted by atomic mass is 15.3. The molecule has 2 rings (SSSR count). The Morgan fingerprint density at radius 2 is 2.06 bits per heavy atom. The second-order valence-corrected chi connectivity index (χ2v) is 6.22. The summed E-state index contributed by atoms with van der Waals surface area (Å²) in [5, 5.41) is 0. The van der Waals surface area contributed by atoms with Crippen LogP contribution in [0.4, 0.5) is 0 Å². The maximum Gasteiger partial charge on any atom is 0.0224 e. The monoisotopic (exact) mass is 225 g/mol. The Morgan fingerprint density at radius 3 is 2.81 bits per heavy atom. The van der Waals surface area contributed by atoms with Gasteiger partial charge in [-0.05, 0) is 52.6 Å². The van der Waals surface area contributed by atoms with E-state index in [0.29, 0.717) is 0 Å². The van der Waals surface area contributed by atoms with E-state index in [1.54, 1.807) is 0 Å². The Hall–Kier alpha value is -0.120. The van der Waals surface area contributed by atoms with Gasteiger partial charge in [-0.2, -0.15) is 0 Å². The van der Waals surface area contributed by atoms with Gasteiger partial charge in [-0.1, -0.05) is 0 Å². The lowest BCUT2D eigenvalue weighted by atomic mass is 10.00. The van der Waals surface area contributed by atoms with Crippen molar-refractivity contribution in [3.63, 3.8) is 0 Å². The minimum absolute atomic E-state index is 0.00911. The molecule has 0 spiro atoms. The number of piperazine rings is 1. The maximum absolute atomic E-state index is 6.01. The van der Waals surface area contributed by atoms with E-state index in [1.807, 2.05) is 0 Å². The van der Waals surface area contributed by atoms with Crippen LogP contribution >= 0.6 is 0 Å². The van der Waals surface area contributed by atoms with Crippen LogP contribution in [0.1, 0.15) is 39.5 Å². The van der Waals surface area contributed by atoms with Crippen LogP contribution in [-0.4, -0.2) is 54.1 Å². The summed E-state index contributed by atoms with van der Waals surface area (Å²) < 4.78 is 0. The van der Waals surface area contributed by atoms with Gasteiger partial charge in [0.05, 0.1) is 0 Å². The van der Waals surface area contributed by atoms with Crippen LogP contribution in [0, 0.1) is 0 Å². The van der Waals surface area contributed by atoms with Gasteiger partial charge in [0.15, 0.2) is 0 Å². The highest BCUT2D eigenvalue weighted by Crippen LogP contribution is 2.21. The minimum atomic E-state index is 0.00911. The topological polar surface area (TPSA) is 32.5 Å². The zero-order valence-corrected chi connectivity index (χ0v) is 10.9. The lowest BCUT2D eigenvalue weighted by Gasteiger charge is -2.37. The molecule has 2 fully saturated rings. The Bertz CT molecular complexity index is 222. The lowest BCUT2D eigenvalue weighted by Crippen LogP contribution is -2.50. The van der Waals surface area contributed by atoms with Crippen molar-refractivity contribution in [3.8, 4) is 0 Å². The molecule has 2 saturated heterocycles. The van der Waals surface area contributed by atoms with Crippen LogP contribution in [0.15, 0.2) is 0 Å². The molecule has 3 heteroatoms. The summed E-state index contributed by atoms with van der Waals surface area (Å²) in [5.41, 5.74) is 6.02. The van der Waals surface area contributed by atoms with E-state index in [-0.39, 0.29) is 5.54 Å². The predicted molar refractivity (Wildman–Crippen MR) is 68.5 cm³/mol. The third kappa shape index (κ3) is 3.44. The number of nitrogens with two attached hydrogens (primary N) is 1. The molecule has 0 aromatic rings. The molecule has 2 heterocycles. The molecular weight excluding hydrogens is 198 g/mol. The molecule has 0 aromatic carbocycles. The van der Waals surface area contributed by atoms with E-state index in [0.717, 1.165) is 12.5 Å². The van der Waals surface area contributed by atoms with Crippen LogP contribution in [0.5, 0.6) is 0 Å². The van der Waals surface area contributed by atoms with E-state index < -0.39 is 0 Å². The van der Waals surface area contributed by atoms with Gasteiger partial charge in [0, 0.05) is 31.2 Å². The quantitative estimate of drug-likeness (QED) is 0.782. The summed E-state index contributed by atoms with van der Waals surface area (Å²) >= 11 is 0. The Balaban J connectivity index is 1.67. The molecule has 0 aromatic heterocycles. The molecule has 0 amide bonds. The maximum atomic E-state index is 6.01. The van der Waals surface area contributed by atoms with E-state index in [4.69, 9.17) is 5.73 Å². The fourth-order valence-corrected chi connectivity index (χ4v) is 3.02. The van der Waals surface area contributed by atoms with E-state index in [9.17, 15) is 0 Å². The van der Waals surface area contributed by atoms with Gasteiger partial charge in [-0.15, -0.1) is 0 Å². The number of hydrogen-bond acceptors (Lipinski definition) is 3. The number of fused-ring (bicyclic) bond motifs is 1. The van der Waals surface area contributed by atoms with Gasteiger partial charge >= 0.3 is 0 Å². The third-order valence-electron chi connectivity index (χ3n) is 3.97. The molecule has 0 saturated carbocycles. The van der Waals surface area contributed by atoms with Crippen molar-refractivity contribution in [1.29, 1.82) is 0 Å². The summed E-state index contributed by atoms with van der Waals surface area (Å²) in [5.74, 6) is 0. The SMILES string of the molecule is CC(C)(N)CCCN1CCN2CCCC2C1. The van der Waals surface area contributed by atoms with Crippen molar-refractivity contribution in [2.45, 2.75) is 51.1 Å². The van der Waals surface area contributed by atoms with Crippen LogP contribution in [-0.2, 0) is 0 Å². The summed E-state index contributed by atoms with van der Waals surface area (Å²) in [7, 11) is 0. The van der Waals surface area contributed by atoms with Gasteiger partial charge in [-0.25, -0.2) is 0 Å². The van der Waals surface area contributed by atoms with E-state index in [2.05, 4.69) is 23.6 Å². The first-order valence-electron chi connectivity index (χ1n) is 6.80. The average Bonchev–Trinajstić information content (AvgIpc) is 2.62. The van der Waals surface area contributed by atoms with E-state index in [1.165, 1.54) is 52.0 Å². The molecule has 0 aliphatic carbocycles. The van der Waals surface area contributed by atoms with Gasteiger partial charge in [0.1, 0.15) is 0 Å². The molecule has 1 unspecified atom stereocenters. The predicted octanol–water partition coefficient (Wildman–Crippen LogP) is 1.28. The largest absolute Gasteiger partial charge is 0.326 e. The molecule has 16 heavy (non-hydrogen) atoms. The first kappa shape index (κ1) is 12.3. The highest BCUT2D eigenvalue weighted by Gasteiger charge is 2.30. The van der Waals surface area contributed by atoms with Gasteiger partial charge < -0.3 is 10.6 Å². The molecule has 3 nitrogen and oxygen atoms in total. The molecule has 1 atom stereocenters. The number of hydrogen-bond donors (Lipinski definition) is 1. The standard InChI is InChI=1S/C13H27N3/c1-13(2,14)6-4-7-15-9-10-16-8-3-5-12(16)11-15/h12H,3-11,14H2,1-2H3. The third-order valence-corrected chi connectivity index (χ3v) is 3.97. The zero-order valence-electron chi connectivity index (χ0n) is 10.9. The van der Waals surface area contributed by atoms with Crippen LogP contribution in [0.25, 0.3) is 0 Å². The Morgan fingerprint density at radius 1 is 1.25 bits per heavy atom. The molecule has 2 aliphatic rings. The number of rotatable bonds is 4. The summed E-state index contributed by atoms with van der Waals surface area (Å²) in [6.07, 6.45) is 5.21. The van der Waals surface area contributed by atoms with Crippen molar-refractivity contribution in [2.24, 2.45) is 5.73 Å². The van der Waals surface area contributed by atoms with Crippen molar-refractivity contribution < 1.29 is 0 Å². The van der Waals surface area contributed by atoms with Crippen LogP contribution in [0.2, 0.25) is 0 Å². The number of nitrogens with zero attached hydrogens (tertiary/aromatic N) is 2. The van der Waals surface area contributed by atoms with Crippen molar-refractivity contribution in [2.75, 3.05) is 32.7 Å². The Labute approximate surface area is 100.0 Å².